The SMILES string of the molecule is C/C1=C/C(C2/C=C\CCCCC2)CCCCC1. The van der Waals surface area contributed by atoms with E-state index in [4.69, 9.17) is 0 Å². The van der Waals surface area contributed by atoms with E-state index in [2.05, 4.69) is 25.2 Å². The summed E-state index contributed by atoms with van der Waals surface area (Å²) in [4.78, 5) is 0. The first-order valence-corrected chi connectivity index (χ1v) is 7.70. The van der Waals surface area contributed by atoms with Gasteiger partial charge in [-0.1, -0.05) is 49.5 Å². The Kier molecular flexibility index (Phi) is 5.35. The number of rotatable bonds is 1. The summed E-state index contributed by atoms with van der Waals surface area (Å²) in [5, 5.41) is 0. The van der Waals surface area contributed by atoms with Crippen molar-refractivity contribution in [1.29, 1.82) is 0 Å². The summed E-state index contributed by atoms with van der Waals surface area (Å²) in [5.41, 5.74) is 1.64. The molecule has 0 fully saturated rings. The van der Waals surface area contributed by atoms with E-state index in [1.54, 1.807) is 5.57 Å². The Morgan fingerprint density at radius 2 is 1.65 bits per heavy atom. The molecule has 0 saturated carbocycles. The van der Waals surface area contributed by atoms with Crippen LogP contribution in [-0.4, -0.2) is 0 Å². The Balaban J connectivity index is 2.03. The summed E-state index contributed by atoms with van der Waals surface area (Å²) in [5.74, 6) is 1.67. The van der Waals surface area contributed by atoms with E-state index in [9.17, 15) is 0 Å². The van der Waals surface area contributed by atoms with Crippen molar-refractivity contribution in [3.05, 3.63) is 23.8 Å². The van der Waals surface area contributed by atoms with Crippen molar-refractivity contribution in [2.75, 3.05) is 0 Å². The molecule has 17 heavy (non-hydrogen) atoms. The standard InChI is InChI=1S/C17H28/c1-15-10-6-5-9-13-17(14-15)16-11-7-3-2-4-8-12-16/h7,11,14,16-17H,2-6,8-10,12-13H2,1H3/b11-7-,15-14-. The molecule has 2 unspecified atom stereocenters. The fraction of sp³-hybridized carbons (Fsp3) is 0.765. The molecule has 0 aromatic heterocycles. The average Bonchev–Trinajstić information content (AvgIpc) is 2.23. The van der Waals surface area contributed by atoms with Crippen LogP contribution in [0.3, 0.4) is 0 Å². The highest BCUT2D eigenvalue weighted by Crippen LogP contribution is 2.31. The Bertz CT molecular complexity index is 272. The Morgan fingerprint density at radius 1 is 0.882 bits per heavy atom. The highest BCUT2D eigenvalue weighted by atomic mass is 14.2. The number of allylic oxidation sites excluding steroid dienone is 4. The van der Waals surface area contributed by atoms with E-state index < -0.39 is 0 Å². The second-order valence-electron chi connectivity index (χ2n) is 6.01. The van der Waals surface area contributed by atoms with Crippen LogP contribution < -0.4 is 0 Å². The van der Waals surface area contributed by atoms with Crippen molar-refractivity contribution >= 4 is 0 Å². The van der Waals surface area contributed by atoms with E-state index in [1.165, 1.54) is 64.2 Å². The van der Waals surface area contributed by atoms with Gasteiger partial charge in [0.1, 0.15) is 0 Å². The van der Waals surface area contributed by atoms with E-state index in [0.29, 0.717) is 0 Å². The van der Waals surface area contributed by atoms with Crippen LogP contribution in [-0.2, 0) is 0 Å². The molecule has 2 aliphatic rings. The molecule has 96 valence electrons. The van der Waals surface area contributed by atoms with E-state index in [0.717, 1.165) is 11.8 Å². The van der Waals surface area contributed by atoms with Gasteiger partial charge in [-0.25, -0.2) is 0 Å². The van der Waals surface area contributed by atoms with E-state index in [-0.39, 0.29) is 0 Å². The lowest BCUT2D eigenvalue weighted by Crippen LogP contribution is -2.13. The monoisotopic (exact) mass is 232 g/mol. The molecule has 0 radical (unpaired) electrons. The Morgan fingerprint density at radius 3 is 2.53 bits per heavy atom. The van der Waals surface area contributed by atoms with Gasteiger partial charge in [0.2, 0.25) is 0 Å². The van der Waals surface area contributed by atoms with Crippen molar-refractivity contribution in [2.45, 2.75) is 71.1 Å². The van der Waals surface area contributed by atoms with Gasteiger partial charge in [-0.2, -0.15) is 0 Å². The molecule has 0 aromatic carbocycles. The van der Waals surface area contributed by atoms with Crippen molar-refractivity contribution in [1.82, 2.24) is 0 Å². The van der Waals surface area contributed by atoms with Crippen LogP contribution in [0.25, 0.3) is 0 Å². The first-order valence-electron chi connectivity index (χ1n) is 7.70. The molecule has 0 nitrogen and oxygen atoms in total. The molecule has 0 amide bonds. The first-order chi connectivity index (χ1) is 8.36. The lowest BCUT2D eigenvalue weighted by atomic mass is 9.80. The van der Waals surface area contributed by atoms with Gasteiger partial charge in [0.05, 0.1) is 0 Å². The normalized spacial score (nSPS) is 36.9. The summed E-state index contributed by atoms with van der Waals surface area (Å²) >= 11 is 0. The van der Waals surface area contributed by atoms with Crippen molar-refractivity contribution in [3.63, 3.8) is 0 Å². The van der Waals surface area contributed by atoms with Crippen LogP contribution in [0.2, 0.25) is 0 Å². The second-order valence-corrected chi connectivity index (χ2v) is 6.01. The fourth-order valence-electron chi connectivity index (χ4n) is 3.37. The minimum absolute atomic E-state index is 0.836. The van der Waals surface area contributed by atoms with Crippen LogP contribution in [0.15, 0.2) is 23.8 Å². The molecule has 0 bridgehead atoms. The first kappa shape index (κ1) is 12.9. The molecule has 0 aliphatic heterocycles. The average molecular weight is 232 g/mol. The molecule has 0 heteroatoms. The highest BCUT2D eigenvalue weighted by molar-refractivity contribution is 5.07. The predicted molar refractivity (Wildman–Crippen MR) is 76.0 cm³/mol. The maximum absolute atomic E-state index is 2.61. The second kappa shape index (κ2) is 7.03. The maximum atomic E-state index is 2.61. The smallest absolute Gasteiger partial charge is 0.0168 e. The molecule has 0 heterocycles. The summed E-state index contributed by atoms with van der Waals surface area (Å²) in [6, 6.07) is 0. The molecular formula is C17H28. The van der Waals surface area contributed by atoms with Crippen LogP contribution in [0.4, 0.5) is 0 Å². The van der Waals surface area contributed by atoms with Gasteiger partial charge in [-0.3, -0.25) is 0 Å². The van der Waals surface area contributed by atoms with E-state index >= 15 is 0 Å². The Hall–Kier alpha value is -0.520. The largest absolute Gasteiger partial charge is 0.0882 e. The van der Waals surface area contributed by atoms with Crippen LogP contribution in [0, 0.1) is 11.8 Å². The number of hydrogen-bond donors (Lipinski definition) is 0. The third-order valence-corrected chi connectivity index (χ3v) is 4.45. The molecule has 0 aromatic rings. The van der Waals surface area contributed by atoms with E-state index in [1.807, 2.05) is 0 Å². The summed E-state index contributed by atoms with van der Waals surface area (Å²) in [6.45, 7) is 2.34. The molecule has 0 N–H and O–H groups in total. The molecular weight excluding hydrogens is 204 g/mol. The minimum atomic E-state index is 0.836. The summed E-state index contributed by atoms with van der Waals surface area (Å²) in [7, 11) is 0. The molecule has 0 spiro atoms. The Labute approximate surface area is 107 Å². The van der Waals surface area contributed by atoms with Gasteiger partial charge < -0.3 is 0 Å². The molecule has 0 saturated heterocycles. The maximum Gasteiger partial charge on any atom is -0.0168 e. The topological polar surface area (TPSA) is 0 Å². The third kappa shape index (κ3) is 4.33. The molecule has 2 rings (SSSR count). The lowest BCUT2D eigenvalue weighted by molar-refractivity contribution is 0.377. The number of hydrogen-bond acceptors (Lipinski definition) is 0. The zero-order chi connectivity index (χ0) is 11.9. The summed E-state index contributed by atoms with van der Waals surface area (Å²) < 4.78 is 0. The fourth-order valence-corrected chi connectivity index (χ4v) is 3.37. The zero-order valence-electron chi connectivity index (χ0n) is 11.5. The van der Waals surface area contributed by atoms with Gasteiger partial charge in [0.25, 0.3) is 0 Å². The third-order valence-electron chi connectivity index (χ3n) is 4.45. The van der Waals surface area contributed by atoms with Crippen LogP contribution in [0.5, 0.6) is 0 Å². The van der Waals surface area contributed by atoms with Gasteiger partial charge in [-0.15, -0.1) is 0 Å². The van der Waals surface area contributed by atoms with Gasteiger partial charge in [0.15, 0.2) is 0 Å². The van der Waals surface area contributed by atoms with Crippen molar-refractivity contribution in [3.8, 4) is 0 Å². The lowest BCUT2D eigenvalue weighted by Gasteiger charge is -2.25. The summed E-state index contributed by atoms with van der Waals surface area (Å²) in [6.07, 6.45) is 21.7. The van der Waals surface area contributed by atoms with Gasteiger partial charge in [-0.05, 0) is 57.3 Å². The van der Waals surface area contributed by atoms with Crippen molar-refractivity contribution in [2.24, 2.45) is 11.8 Å². The van der Waals surface area contributed by atoms with Crippen LogP contribution in [0.1, 0.15) is 71.1 Å². The minimum Gasteiger partial charge on any atom is -0.0882 e. The quantitative estimate of drug-likeness (QED) is 0.512. The van der Waals surface area contributed by atoms with Gasteiger partial charge >= 0.3 is 0 Å². The zero-order valence-corrected chi connectivity index (χ0v) is 11.5. The highest BCUT2D eigenvalue weighted by Gasteiger charge is 2.18. The molecule has 2 atom stereocenters. The van der Waals surface area contributed by atoms with Gasteiger partial charge in [0, 0.05) is 0 Å². The predicted octanol–water partition coefficient (Wildman–Crippen LogP) is 5.65. The van der Waals surface area contributed by atoms with Crippen molar-refractivity contribution < 1.29 is 0 Å². The molecule has 2 aliphatic carbocycles. The van der Waals surface area contributed by atoms with Crippen LogP contribution >= 0.6 is 0 Å².